The summed E-state index contributed by atoms with van der Waals surface area (Å²) in [6.45, 7) is 0.715. The average molecular weight is 284 g/mol. The first kappa shape index (κ1) is 15.0. The molecule has 0 radical (unpaired) electrons. The van der Waals surface area contributed by atoms with Gasteiger partial charge >= 0.3 is 0 Å². The molecule has 110 valence electrons. The molecule has 2 rings (SSSR count). The lowest BCUT2D eigenvalue weighted by molar-refractivity contribution is 0.299. The fourth-order valence-corrected chi connectivity index (χ4v) is 1.98. The molecule has 0 aliphatic rings. The van der Waals surface area contributed by atoms with Crippen molar-refractivity contribution in [1.29, 1.82) is 0 Å². The molecule has 0 aliphatic heterocycles. The molecule has 5 N–H and O–H groups in total. The van der Waals surface area contributed by atoms with E-state index in [-0.39, 0.29) is 6.61 Å². The minimum Gasteiger partial charge on any atom is -0.397 e. The first-order valence-electron chi connectivity index (χ1n) is 6.77. The van der Waals surface area contributed by atoms with Gasteiger partial charge < -0.3 is 15.8 Å². The molecule has 0 unspecified atom stereocenters. The number of pyridine rings is 1. The standard InChI is InChI=1S/C16H20N4O/c17-16(15-2-1-8-19-10-15)12-20(18)11-14-5-3-13(4-6-14)7-9-21/h1-6,8,10,12,21H,7,9,11,17-18H2/b16-12-. The third-order valence-corrected chi connectivity index (χ3v) is 3.09. The molecule has 0 saturated carbocycles. The van der Waals surface area contributed by atoms with Gasteiger partial charge in [0.05, 0.1) is 12.2 Å². The number of nitrogens with two attached hydrogens (primary N) is 2. The summed E-state index contributed by atoms with van der Waals surface area (Å²) in [4.78, 5) is 4.02. The average Bonchev–Trinajstić information content (AvgIpc) is 2.50. The fraction of sp³-hybridized carbons (Fsp3) is 0.188. The van der Waals surface area contributed by atoms with Crippen LogP contribution in [0.25, 0.3) is 5.70 Å². The van der Waals surface area contributed by atoms with E-state index in [1.165, 1.54) is 0 Å². The molecule has 0 fully saturated rings. The minimum absolute atomic E-state index is 0.159. The maximum Gasteiger partial charge on any atom is 0.0586 e. The highest BCUT2D eigenvalue weighted by atomic mass is 16.2. The number of nitrogens with zero attached hydrogens (tertiary/aromatic N) is 2. The molecule has 1 aromatic carbocycles. The highest BCUT2D eigenvalue weighted by Gasteiger charge is 2.01. The van der Waals surface area contributed by atoms with Crippen molar-refractivity contribution in [3.05, 3.63) is 71.7 Å². The SMILES string of the molecule is N/C(=C\N(N)Cc1ccc(CCO)cc1)c1cccnc1. The molecule has 0 spiro atoms. The van der Waals surface area contributed by atoms with Crippen LogP contribution in [0.3, 0.4) is 0 Å². The molecule has 0 bridgehead atoms. The summed E-state index contributed by atoms with van der Waals surface area (Å²) in [6.07, 6.45) is 5.76. The minimum atomic E-state index is 0.159. The van der Waals surface area contributed by atoms with E-state index in [9.17, 15) is 0 Å². The van der Waals surface area contributed by atoms with Crippen LogP contribution < -0.4 is 11.6 Å². The maximum absolute atomic E-state index is 8.89. The largest absolute Gasteiger partial charge is 0.397 e. The van der Waals surface area contributed by atoms with E-state index in [1.807, 2.05) is 36.4 Å². The third kappa shape index (κ3) is 4.59. The van der Waals surface area contributed by atoms with Crippen molar-refractivity contribution in [2.45, 2.75) is 13.0 Å². The smallest absolute Gasteiger partial charge is 0.0586 e. The zero-order valence-corrected chi connectivity index (χ0v) is 11.8. The molecular formula is C16H20N4O. The van der Waals surface area contributed by atoms with Crippen LogP contribution in [-0.2, 0) is 13.0 Å². The van der Waals surface area contributed by atoms with Gasteiger partial charge in [0.15, 0.2) is 0 Å². The molecule has 0 saturated heterocycles. The van der Waals surface area contributed by atoms with Crippen molar-refractivity contribution >= 4 is 5.70 Å². The van der Waals surface area contributed by atoms with Crippen LogP contribution >= 0.6 is 0 Å². The lowest BCUT2D eigenvalue weighted by Crippen LogP contribution is -2.25. The molecule has 21 heavy (non-hydrogen) atoms. The summed E-state index contributed by atoms with van der Waals surface area (Å²) < 4.78 is 0. The zero-order chi connectivity index (χ0) is 15.1. The van der Waals surface area contributed by atoms with Crippen LogP contribution in [0, 0.1) is 0 Å². The summed E-state index contributed by atoms with van der Waals surface area (Å²) in [5.41, 5.74) is 9.58. The van der Waals surface area contributed by atoms with Crippen molar-refractivity contribution < 1.29 is 5.11 Å². The van der Waals surface area contributed by atoms with Crippen LogP contribution in [0.15, 0.2) is 55.0 Å². The molecule has 5 nitrogen and oxygen atoms in total. The van der Waals surface area contributed by atoms with Gasteiger partial charge in [0.25, 0.3) is 0 Å². The fourth-order valence-electron chi connectivity index (χ4n) is 1.98. The van der Waals surface area contributed by atoms with Gasteiger partial charge in [-0.05, 0) is 29.7 Å². The first-order chi connectivity index (χ1) is 10.2. The van der Waals surface area contributed by atoms with E-state index >= 15 is 0 Å². The Bertz CT molecular complexity index is 581. The summed E-state index contributed by atoms with van der Waals surface area (Å²) in [6, 6.07) is 11.7. The monoisotopic (exact) mass is 284 g/mol. The third-order valence-electron chi connectivity index (χ3n) is 3.09. The quantitative estimate of drug-likeness (QED) is 0.549. The molecule has 0 aliphatic carbocycles. The number of aromatic nitrogens is 1. The highest BCUT2D eigenvalue weighted by molar-refractivity contribution is 5.61. The summed E-state index contributed by atoms with van der Waals surface area (Å²) in [5.74, 6) is 5.96. The number of aliphatic hydroxyl groups excluding tert-OH is 1. The Morgan fingerprint density at radius 1 is 1.19 bits per heavy atom. The van der Waals surface area contributed by atoms with Gasteiger partial charge in [0.1, 0.15) is 0 Å². The Morgan fingerprint density at radius 2 is 1.90 bits per heavy atom. The number of hydrogen-bond acceptors (Lipinski definition) is 5. The van der Waals surface area contributed by atoms with Gasteiger partial charge in [0.2, 0.25) is 0 Å². The van der Waals surface area contributed by atoms with E-state index in [4.69, 9.17) is 16.7 Å². The number of rotatable bonds is 6. The van der Waals surface area contributed by atoms with Crippen molar-refractivity contribution in [1.82, 2.24) is 9.99 Å². The summed E-state index contributed by atoms with van der Waals surface area (Å²) in [7, 11) is 0. The summed E-state index contributed by atoms with van der Waals surface area (Å²) in [5, 5.41) is 10.4. The van der Waals surface area contributed by atoms with Crippen molar-refractivity contribution in [3.8, 4) is 0 Å². The first-order valence-corrected chi connectivity index (χ1v) is 6.77. The Labute approximate surface area is 124 Å². The second-order valence-corrected chi connectivity index (χ2v) is 4.79. The predicted molar refractivity (Wildman–Crippen MR) is 83.4 cm³/mol. The van der Waals surface area contributed by atoms with Gasteiger partial charge in [0, 0.05) is 30.8 Å². The Morgan fingerprint density at radius 3 is 2.52 bits per heavy atom. The molecule has 0 atom stereocenters. The second kappa shape index (κ2) is 7.42. The normalized spacial score (nSPS) is 11.4. The van der Waals surface area contributed by atoms with Gasteiger partial charge in [-0.15, -0.1) is 0 Å². The van der Waals surface area contributed by atoms with Gasteiger partial charge in [-0.25, -0.2) is 5.84 Å². The number of hydrazine groups is 1. The molecule has 1 heterocycles. The lowest BCUT2D eigenvalue weighted by atomic mass is 10.1. The van der Waals surface area contributed by atoms with Crippen molar-refractivity contribution in [2.24, 2.45) is 11.6 Å². The number of hydrogen-bond donors (Lipinski definition) is 3. The number of aliphatic hydroxyl groups is 1. The van der Waals surface area contributed by atoms with Crippen molar-refractivity contribution in [3.63, 3.8) is 0 Å². The van der Waals surface area contributed by atoms with E-state index < -0.39 is 0 Å². The van der Waals surface area contributed by atoms with Gasteiger partial charge in [-0.2, -0.15) is 0 Å². The topological polar surface area (TPSA) is 88.4 Å². The van der Waals surface area contributed by atoms with E-state index in [0.717, 1.165) is 16.7 Å². The predicted octanol–water partition coefficient (Wildman–Crippen LogP) is 1.25. The van der Waals surface area contributed by atoms with Crippen LogP contribution in [0.5, 0.6) is 0 Å². The van der Waals surface area contributed by atoms with Crippen LogP contribution in [-0.4, -0.2) is 21.7 Å². The lowest BCUT2D eigenvalue weighted by Gasteiger charge is -2.15. The molecule has 5 heteroatoms. The molecule has 1 aromatic heterocycles. The van der Waals surface area contributed by atoms with Crippen LogP contribution in [0.1, 0.15) is 16.7 Å². The Kier molecular flexibility index (Phi) is 5.31. The Balaban J connectivity index is 1.99. The maximum atomic E-state index is 8.89. The van der Waals surface area contributed by atoms with Gasteiger partial charge in [-0.1, -0.05) is 24.3 Å². The second-order valence-electron chi connectivity index (χ2n) is 4.79. The van der Waals surface area contributed by atoms with E-state index in [0.29, 0.717) is 18.7 Å². The zero-order valence-electron chi connectivity index (χ0n) is 11.8. The molecule has 0 amide bonds. The highest BCUT2D eigenvalue weighted by Crippen LogP contribution is 2.10. The summed E-state index contributed by atoms with van der Waals surface area (Å²) >= 11 is 0. The van der Waals surface area contributed by atoms with Crippen molar-refractivity contribution in [2.75, 3.05) is 6.61 Å². The van der Waals surface area contributed by atoms with Gasteiger partial charge in [-0.3, -0.25) is 4.98 Å². The number of benzene rings is 1. The van der Waals surface area contributed by atoms with Crippen LogP contribution in [0.4, 0.5) is 0 Å². The van der Waals surface area contributed by atoms with Crippen LogP contribution in [0.2, 0.25) is 0 Å². The van der Waals surface area contributed by atoms with E-state index in [2.05, 4.69) is 4.98 Å². The Hall–Kier alpha value is -2.37. The van der Waals surface area contributed by atoms with E-state index in [1.54, 1.807) is 23.6 Å². The molecule has 2 aromatic rings. The molecular weight excluding hydrogens is 264 g/mol.